The van der Waals surface area contributed by atoms with E-state index in [2.05, 4.69) is 6.58 Å². The fourth-order valence-electron chi connectivity index (χ4n) is 1.74. The Morgan fingerprint density at radius 1 is 1.38 bits per heavy atom. The molecule has 1 aromatic rings. The molecule has 0 radical (unpaired) electrons. The zero-order chi connectivity index (χ0) is 16.4. The Kier molecular flexibility index (Phi) is 5.81. The van der Waals surface area contributed by atoms with E-state index in [1.807, 2.05) is 0 Å². The van der Waals surface area contributed by atoms with Crippen LogP contribution in [0.4, 0.5) is 0 Å². The molecule has 116 valence electrons. The van der Waals surface area contributed by atoms with Crippen LogP contribution in [0.3, 0.4) is 0 Å². The maximum Gasteiger partial charge on any atom is 0.338 e. The summed E-state index contributed by atoms with van der Waals surface area (Å²) in [5.74, 6) is -1.38. The van der Waals surface area contributed by atoms with Gasteiger partial charge in [0.05, 0.1) is 15.6 Å². The maximum absolute atomic E-state index is 12.6. The quantitative estimate of drug-likeness (QED) is 0.798. The highest BCUT2D eigenvalue weighted by Gasteiger charge is 2.29. The van der Waals surface area contributed by atoms with Crippen molar-refractivity contribution in [1.29, 1.82) is 0 Å². The van der Waals surface area contributed by atoms with E-state index in [4.69, 9.17) is 28.3 Å². The van der Waals surface area contributed by atoms with Crippen LogP contribution in [0.25, 0.3) is 0 Å². The summed E-state index contributed by atoms with van der Waals surface area (Å²) in [5.41, 5.74) is 0.231. The molecule has 0 unspecified atom stereocenters. The number of carboxylic acids is 1. The Labute approximate surface area is 133 Å². The number of aromatic carboxylic acids is 1. The van der Waals surface area contributed by atoms with Gasteiger partial charge in [-0.3, -0.25) is 0 Å². The summed E-state index contributed by atoms with van der Waals surface area (Å²) >= 11 is 11.7. The molecule has 1 N–H and O–H groups in total. The van der Waals surface area contributed by atoms with Crippen molar-refractivity contribution in [2.45, 2.75) is 18.7 Å². The molecule has 0 atom stereocenters. The van der Waals surface area contributed by atoms with Gasteiger partial charge in [0.1, 0.15) is 4.90 Å². The van der Waals surface area contributed by atoms with Crippen molar-refractivity contribution in [2.24, 2.45) is 0 Å². The second kappa shape index (κ2) is 6.79. The summed E-state index contributed by atoms with van der Waals surface area (Å²) in [5, 5.41) is 8.58. The molecule has 0 aromatic heterocycles. The van der Waals surface area contributed by atoms with Gasteiger partial charge in [0.25, 0.3) is 0 Å². The van der Waals surface area contributed by atoms with Crippen LogP contribution in [0, 0.1) is 0 Å². The predicted octanol–water partition coefficient (Wildman–Crippen LogP) is 3.28. The Hall–Kier alpha value is -1.08. The van der Waals surface area contributed by atoms with Crippen molar-refractivity contribution in [3.05, 3.63) is 39.9 Å². The molecular formula is C13H15Cl2NO4S. The molecule has 21 heavy (non-hydrogen) atoms. The minimum Gasteiger partial charge on any atom is -0.478 e. The Morgan fingerprint density at radius 2 is 1.95 bits per heavy atom. The molecule has 1 aromatic carbocycles. The van der Waals surface area contributed by atoms with Gasteiger partial charge in [0.15, 0.2) is 0 Å². The van der Waals surface area contributed by atoms with E-state index in [0.717, 1.165) is 4.31 Å². The van der Waals surface area contributed by atoms with Crippen LogP contribution in [-0.4, -0.2) is 36.9 Å². The Bertz CT molecular complexity index is 686. The summed E-state index contributed by atoms with van der Waals surface area (Å²) in [7, 11) is -3.93. The smallest absolute Gasteiger partial charge is 0.338 e. The fourth-order valence-corrected chi connectivity index (χ4v) is 4.14. The molecule has 0 bridgehead atoms. The third-order valence-corrected chi connectivity index (χ3v) is 5.47. The third-order valence-electron chi connectivity index (χ3n) is 2.69. The van der Waals surface area contributed by atoms with Crippen LogP contribution in [-0.2, 0) is 10.0 Å². The first-order valence-electron chi connectivity index (χ1n) is 5.98. The predicted molar refractivity (Wildman–Crippen MR) is 82.7 cm³/mol. The zero-order valence-electron chi connectivity index (χ0n) is 11.6. The molecule has 0 fully saturated rings. The molecule has 0 aliphatic carbocycles. The zero-order valence-corrected chi connectivity index (χ0v) is 13.9. The minimum atomic E-state index is -3.93. The molecule has 0 saturated carbocycles. The third kappa shape index (κ3) is 3.77. The molecule has 0 spiro atoms. The van der Waals surface area contributed by atoms with Crippen LogP contribution in [0.5, 0.6) is 0 Å². The summed E-state index contributed by atoms with van der Waals surface area (Å²) in [6, 6.07) is 2.41. The van der Waals surface area contributed by atoms with E-state index >= 15 is 0 Å². The maximum atomic E-state index is 12.6. The molecule has 8 heteroatoms. The normalized spacial score (nSPS) is 11.7. The molecule has 0 saturated heterocycles. The van der Waals surface area contributed by atoms with E-state index in [-0.39, 0.29) is 23.0 Å². The van der Waals surface area contributed by atoms with Crippen LogP contribution in [0.1, 0.15) is 24.2 Å². The summed E-state index contributed by atoms with van der Waals surface area (Å²) in [6.45, 7) is 7.38. The highest BCUT2D eigenvalue weighted by atomic mass is 35.5. The minimum absolute atomic E-state index is 0.116. The van der Waals surface area contributed by atoms with Gasteiger partial charge in [-0.1, -0.05) is 42.3 Å². The standard InChI is InChI=1S/C13H15Cl2NO4S/c1-4-16(7-8(2)3)21(19,20)10-6-5-9(14)11(12(10)15)13(17)18/h5-6H,2,4,7H2,1,3H3,(H,17,18). The number of hydrogen-bond donors (Lipinski definition) is 1. The second-order valence-electron chi connectivity index (χ2n) is 4.43. The monoisotopic (exact) mass is 351 g/mol. The molecule has 1 rings (SSSR count). The highest BCUT2D eigenvalue weighted by molar-refractivity contribution is 7.89. The number of halogens is 2. The number of hydrogen-bond acceptors (Lipinski definition) is 3. The van der Waals surface area contributed by atoms with E-state index in [1.165, 1.54) is 12.1 Å². The van der Waals surface area contributed by atoms with Gasteiger partial charge in [-0.15, -0.1) is 0 Å². The number of likely N-dealkylation sites (N-methyl/N-ethyl adjacent to an activating group) is 1. The van der Waals surface area contributed by atoms with E-state index in [0.29, 0.717) is 5.57 Å². The largest absolute Gasteiger partial charge is 0.478 e. The van der Waals surface area contributed by atoms with Gasteiger partial charge < -0.3 is 5.11 Å². The van der Waals surface area contributed by atoms with E-state index < -0.39 is 26.6 Å². The van der Waals surface area contributed by atoms with E-state index in [1.54, 1.807) is 13.8 Å². The summed E-state index contributed by atoms with van der Waals surface area (Å²) < 4.78 is 26.3. The first-order valence-corrected chi connectivity index (χ1v) is 8.18. The van der Waals surface area contributed by atoms with Crippen LogP contribution in [0.2, 0.25) is 10.0 Å². The number of benzene rings is 1. The second-order valence-corrected chi connectivity index (χ2v) is 7.12. The lowest BCUT2D eigenvalue weighted by molar-refractivity contribution is 0.0697. The molecule has 0 heterocycles. The van der Waals surface area contributed by atoms with Crippen molar-refractivity contribution < 1.29 is 18.3 Å². The van der Waals surface area contributed by atoms with Gasteiger partial charge in [-0.2, -0.15) is 4.31 Å². The highest BCUT2D eigenvalue weighted by Crippen LogP contribution is 2.32. The number of carbonyl (C=O) groups is 1. The lowest BCUT2D eigenvalue weighted by Crippen LogP contribution is -2.32. The van der Waals surface area contributed by atoms with Gasteiger partial charge in [-0.05, 0) is 19.1 Å². The van der Waals surface area contributed by atoms with Gasteiger partial charge in [0.2, 0.25) is 10.0 Å². The summed E-state index contributed by atoms with van der Waals surface area (Å²) in [4.78, 5) is 10.9. The van der Waals surface area contributed by atoms with Crippen molar-refractivity contribution in [1.82, 2.24) is 4.31 Å². The van der Waals surface area contributed by atoms with Crippen molar-refractivity contribution >= 4 is 39.2 Å². The number of rotatable bonds is 6. The number of sulfonamides is 1. The van der Waals surface area contributed by atoms with E-state index in [9.17, 15) is 13.2 Å². The first-order chi connectivity index (χ1) is 9.62. The average Bonchev–Trinajstić information content (AvgIpc) is 2.34. The van der Waals surface area contributed by atoms with Crippen molar-refractivity contribution in [2.75, 3.05) is 13.1 Å². The SMILES string of the molecule is C=C(C)CN(CC)S(=O)(=O)c1ccc(Cl)c(C(=O)O)c1Cl. The summed E-state index contributed by atoms with van der Waals surface area (Å²) in [6.07, 6.45) is 0. The fraction of sp³-hybridized carbons (Fsp3) is 0.308. The van der Waals surface area contributed by atoms with Crippen molar-refractivity contribution in [3.63, 3.8) is 0 Å². The lowest BCUT2D eigenvalue weighted by atomic mass is 10.2. The van der Waals surface area contributed by atoms with Crippen LogP contribution >= 0.6 is 23.2 Å². The molecular weight excluding hydrogens is 337 g/mol. The molecule has 0 aliphatic heterocycles. The van der Waals surface area contributed by atoms with Gasteiger partial charge >= 0.3 is 5.97 Å². The van der Waals surface area contributed by atoms with Crippen LogP contribution < -0.4 is 0 Å². The number of carboxylic acid groups (broad SMARTS) is 1. The topological polar surface area (TPSA) is 74.7 Å². The first kappa shape index (κ1) is 18.0. The van der Waals surface area contributed by atoms with Gasteiger partial charge in [0, 0.05) is 13.1 Å². The van der Waals surface area contributed by atoms with Crippen molar-refractivity contribution in [3.8, 4) is 0 Å². The van der Waals surface area contributed by atoms with Crippen LogP contribution in [0.15, 0.2) is 29.2 Å². The molecule has 0 aliphatic rings. The lowest BCUT2D eigenvalue weighted by Gasteiger charge is -2.21. The molecule has 0 amide bonds. The van der Waals surface area contributed by atoms with Gasteiger partial charge in [-0.25, -0.2) is 13.2 Å². The molecule has 5 nitrogen and oxygen atoms in total. The Morgan fingerprint density at radius 3 is 2.38 bits per heavy atom. The average molecular weight is 352 g/mol. The Balaban J connectivity index is 3.48. The number of nitrogens with zero attached hydrogens (tertiary/aromatic N) is 1.